The van der Waals surface area contributed by atoms with Crippen LogP contribution in [0, 0.1) is 17.9 Å². The number of fused-ring (bicyclic) bond motifs is 16. The predicted molar refractivity (Wildman–Crippen MR) is 288 cm³/mol. The molecule has 5 aromatic heterocycles. The van der Waals surface area contributed by atoms with Gasteiger partial charge in [0, 0.05) is 63.3 Å². The van der Waals surface area contributed by atoms with Crippen LogP contribution >= 0.6 is 11.3 Å². The number of nitrogens with zero attached hydrogens (tertiary/aromatic N) is 6. The lowest BCUT2D eigenvalue weighted by Crippen LogP contribution is -2.15. The number of rotatable bonds is 4. The van der Waals surface area contributed by atoms with Crippen molar-refractivity contribution in [1.29, 1.82) is 5.26 Å². The molecule has 7 heteroatoms. The Morgan fingerprint density at radius 1 is 0.348 bits per heavy atom. The lowest BCUT2D eigenvalue weighted by Gasteiger charge is -2.28. The van der Waals surface area contributed by atoms with Crippen molar-refractivity contribution < 1.29 is 0 Å². The van der Waals surface area contributed by atoms with Crippen LogP contribution in [0.15, 0.2) is 206 Å². The SMILES string of the molecule is [C-]#[N+]c1c(C#N)c(-n2c3ccccc3c3c4sc5ccccc5c4ccc32)c(-n2c3ccccc3c3ccccc32)c(-n2c3ccccc3c3ccccc32)c1-n1c2ccccc2c2ccccc21. The number of thiophene rings is 1. The second-order valence-corrected chi connectivity index (χ2v) is 18.8. The summed E-state index contributed by atoms with van der Waals surface area (Å²) in [5.74, 6) is 0. The third kappa shape index (κ3) is 4.91. The molecule has 0 radical (unpaired) electrons. The van der Waals surface area contributed by atoms with E-state index in [1.54, 1.807) is 11.3 Å². The molecule has 15 aromatic rings. The molecule has 0 fully saturated rings. The highest BCUT2D eigenvalue weighted by Gasteiger charge is 2.35. The van der Waals surface area contributed by atoms with E-state index in [9.17, 15) is 11.8 Å². The van der Waals surface area contributed by atoms with Gasteiger partial charge in [-0.15, -0.1) is 11.3 Å². The van der Waals surface area contributed by atoms with Gasteiger partial charge in [-0.2, -0.15) is 5.26 Å². The summed E-state index contributed by atoms with van der Waals surface area (Å²) in [6.07, 6.45) is 0. The van der Waals surface area contributed by atoms with Gasteiger partial charge < -0.3 is 18.3 Å². The lowest BCUT2D eigenvalue weighted by atomic mass is 10.0. The van der Waals surface area contributed by atoms with E-state index in [4.69, 9.17) is 0 Å². The van der Waals surface area contributed by atoms with Crippen molar-refractivity contribution >= 4 is 124 Å². The Bertz CT molecular complexity index is 4660. The number of nitriles is 1. The maximum atomic E-state index is 12.2. The Morgan fingerprint density at radius 2 is 0.696 bits per heavy atom. The third-order valence-electron chi connectivity index (χ3n) is 14.4. The fourth-order valence-corrected chi connectivity index (χ4v) is 13.0. The van der Waals surface area contributed by atoms with Crippen LogP contribution in [0.5, 0.6) is 0 Å². The Hall–Kier alpha value is -9.40. The summed E-state index contributed by atoms with van der Waals surface area (Å²) in [6.45, 7) is 9.46. The first-order chi connectivity index (χ1) is 34.2. The molecule has 5 heterocycles. The molecule has 0 bridgehead atoms. The van der Waals surface area contributed by atoms with Crippen LogP contribution in [0.25, 0.3) is 135 Å². The highest BCUT2D eigenvalue weighted by Crippen LogP contribution is 2.52. The molecule has 0 aliphatic carbocycles. The molecule has 0 spiro atoms. The van der Waals surface area contributed by atoms with Crippen molar-refractivity contribution in [3.63, 3.8) is 0 Å². The van der Waals surface area contributed by atoms with Gasteiger partial charge in [0.1, 0.15) is 0 Å². The van der Waals surface area contributed by atoms with Gasteiger partial charge in [-0.25, -0.2) is 4.85 Å². The molecule has 0 amide bonds. The van der Waals surface area contributed by atoms with Gasteiger partial charge in [0.15, 0.2) is 0 Å². The van der Waals surface area contributed by atoms with Crippen LogP contribution in [-0.2, 0) is 0 Å². The minimum atomic E-state index is 0.272. The summed E-state index contributed by atoms with van der Waals surface area (Å²) in [5.41, 5.74) is 11.2. The molecule has 6 nitrogen and oxygen atoms in total. The van der Waals surface area contributed by atoms with Crippen LogP contribution in [0.1, 0.15) is 5.56 Å². The van der Waals surface area contributed by atoms with Crippen LogP contribution in [0.4, 0.5) is 5.69 Å². The van der Waals surface area contributed by atoms with Crippen LogP contribution in [0.3, 0.4) is 0 Å². The summed E-state index contributed by atoms with van der Waals surface area (Å²) in [5, 5.41) is 23.3. The molecule has 10 aromatic carbocycles. The van der Waals surface area contributed by atoms with E-state index in [0.717, 1.165) is 98.6 Å². The van der Waals surface area contributed by atoms with Crippen LogP contribution in [0.2, 0.25) is 0 Å². The summed E-state index contributed by atoms with van der Waals surface area (Å²) in [4.78, 5) is 4.57. The van der Waals surface area contributed by atoms with E-state index >= 15 is 0 Å². The van der Waals surface area contributed by atoms with E-state index in [2.05, 4.69) is 235 Å². The first-order valence-electron chi connectivity index (χ1n) is 23.0. The molecule has 0 atom stereocenters. The molecule has 318 valence electrons. The first-order valence-corrected chi connectivity index (χ1v) is 23.9. The number of benzene rings is 10. The number of hydrogen-bond acceptors (Lipinski definition) is 2. The first kappa shape index (κ1) is 37.8. The number of para-hydroxylation sites is 7. The van der Waals surface area contributed by atoms with Crippen molar-refractivity contribution in [2.24, 2.45) is 0 Å². The molecule has 0 aliphatic heterocycles. The zero-order chi connectivity index (χ0) is 45.5. The summed E-state index contributed by atoms with van der Waals surface area (Å²) < 4.78 is 11.7. The topological polar surface area (TPSA) is 47.9 Å². The Morgan fingerprint density at radius 3 is 1.13 bits per heavy atom. The lowest BCUT2D eigenvalue weighted by molar-refractivity contribution is 1.02. The fraction of sp³-hybridized carbons (Fsp3) is 0. The van der Waals surface area contributed by atoms with E-state index < -0.39 is 0 Å². The second kappa shape index (κ2) is 14.1. The zero-order valence-electron chi connectivity index (χ0n) is 36.7. The molecule has 0 saturated carbocycles. The van der Waals surface area contributed by atoms with Crippen molar-refractivity contribution in [2.75, 3.05) is 0 Å². The predicted octanol–water partition coefficient (Wildman–Crippen LogP) is 16.9. The largest absolute Gasteiger partial charge is 0.317 e. The smallest absolute Gasteiger partial charge is 0.232 e. The van der Waals surface area contributed by atoms with E-state index in [0.29, 0.717) is 16.9 Å². The van der Waals surface area contributed by atoms with E-state index in [-0.39, 0.29) is 5.69 Å². The summed E-state index contributed by atoms with van der Waals surface area (Å²) in [6, 6.07) is 75.7. The minimum Gasteiger partial charge on any atom is -0.317 e. The van der Waals surface area contributed by atoms with Gasteiger partial charge >= 0.3 is 0 Å². The average molecular weight is 895 g/mol. The number of aromatic nitrogens is 4. The zero-order valence-corrected chi connectivity index (χ0v) is 37.5. The average Bonchev–Trinajstić information content (AvgIpc) is 4.21. The maximum absolute atomic E-state index is 12.2. The number of hydrogen-bond donors (Lipinski definition) is 0. The second-order valence-electron chi connectivity index (χ2n) is 17.7. The Labute approximate surface area is 398 Å². The molecular formula is C62H34N6S. The third-order valence-corrected chi connectivity index (χ3v) is 15.6. The molecule has 15 rings (SSSR count). The monoisotopic (exact) mass is 894 g/mol. The Balaban J connectivity index is 1.29. The molecule has 0 aliphatic rings. The van der Waals surface area contributed by atoms with Crippen molar-refractivity contribution in [1.82, 2.24) is 18.3 Å². The molecular weight excluding hydrogens is 861 g/mol. The molecule has 0 unspecified atom stereocenters. The van der Waals surface area contributed by atoms with Crippen LogP contribution in [-0.4, -0.2) is 18.3 Å². The van der Waals surface area contributed by atoms with Crippen molar-refractivity contribution in [3.05, 3.63) is 223 Å². The molecule has 69 heavy (non-hydrogen) atoms. The Kier molecular flexibility index (Phi) is 7.70. The minimum absolute atomic E-state index is 0.272. The normalized spacial score (nSPS) is 12.0. The maximum Gasteiger partial charge on any atom is 0.232 e. The van der Waals surface area contributed by atoms with Crippen molar-refractivity contribution in [2.45, 2.75) is 0 Å². The fourth-order valence-electron chi connectivity index (χ4n) is 11.7. The van der Waals surface area contributed by atoms with Gasteiger partial charge in [-0.05, 0) is 54.6 Å². The van der Waals surface area contributed by atoms with Crippen LogP contribution < -0.4 is 0 Å². The van der Waals surface area contributed by atoms with Crippen molar-refractivity contribution in [3.8, 4) is 28.8 Å². The van der Waals surface area contributed by atoms with E-state index in [1.807, 2.05) is 0 Å². The molecule has 0 N–H and O–H groups in total. The highest BCUT2D eigenvalue weighted by molar-refractivity contribution is 7.26. The van der Waals surface area contributed by atoms with Gasteiger partial charge in [-0.3, -0.25) is 0 Å². The summed E-state index contributed by atoms with van der Waals surface area (Å²) in [7, 11) is 0. The van der Waals surface area contributed by atoms with Gasteiger partial charge in [0.2, 0.25) is 5.69 Å². The summed E-state index contributed by atoms with van der Waals surface area (Å²) >= 11 is 1.81. The standard InChI is InChI=1S/C62H34N6S/c1-64-57-46(36-63)58(68-53-32-16-8-25-45(53)56-54(68)35-34-44-43-24-9-17-33-55(43)69-62(44)56)60(66-49-28-12-4-20-39(49)40-21-5-13-29-50(40)66)61(67-51-30-14-6-22-41(51)42-23-7-15-31-52(42)67)59(57)65-47-26-10-2-18-37(47)38-19-3-11-27-48(38)65/h2-35H. The van der Waals surface area contributed by atoms with E-state index in [1.165, 1.54) is 20.2 Å². The van der Waals surface area contributed by atoms with Gasteiger partial charge in [-0.1, -0.05) is 152 Å². The van der Waals surface area contributed by atoms with Gasteiger partial charge in [0.05, 0.1) is 85.1 Å². The highest BCUT2D eigenvalue weighted by atomic mass is 32.1. The molecule has 0 saturated heterocycles. The quantitative estimate of drug-likeness (QED) is 0.162. The van der Waals surface area contributed by atoms with Gasteiger partial charge in [0.25, 0.3) is 0 Å².